The number of fused-ring (bicyclic) bond motifs is 1. The normalized spacial score (nSPS) is 22.2. The van der Waals surface area contributed by atoms with Crippen LogP contribution in [0.2, 0.25) is 0 Å². The van der Waals surface area contributed by atoms with Gasteiger partial charge in [-0.2, -0.15) is 5.10 Å². The van der Waals surface area contributed by atoms with Gasteiger partial charge in [0, 0.05) is 31.8 Å². The third-order valence-corrected chi connectivity index (χ3v) is 5.54. The second kappa shape index (κ2) is 7.11. The van der Waals surface area contributed by atoms with Crippen LogP contribution in [0.15, 0.2) is 30.5 Å². The summed E-state index contributed by atoms with van der Waals surface area (Å²) in [6.45, 7) is 0.725. The van der Waals surface area contributed by atoms with E-state index in [1.165, 1.54) is 5.56 Å². The van der Waals surface area contributed by atoms with Crippen molar-refractivity contribution in [1.82, 2.24) is 15.1 Å². The molecule has 1 aromatic heterocycles. The van der Waals surface area contributed by atoms with Crippen molar-refractivity contribution in [2.75, 3.05) is 6.61 Å². The van der Waals surface area contributed by atoms with Crippen molar-refractivity contribution in [3.05, 3.63) is 47.3 Å². The Morgan fingerprint density at radius 3 is 3.00 bits per heavy atom. The Bertz CT molecular complexity index is 795. The molecule has 6 nitrogen and oxygen atoms in total. The maximum atomic E-state index is 12.6. The molecule has 2 heterocycles. The van der Waals surface area contributed by atoms with Gasteiger partial charge >= 0.3 is 0 Å². The molecule has 1 saturated carbocycles. The lowest BCUT2D eigenvalue weighted by Crippen LogP contribution is -2.41. The standard InChI is InChI=1S/C20H25N3O3/c1-23-16(6-8-21-23)3-5-19(25)22-20(15-11-17(24)12-15)14-2-4-18-13(10-14)7-9-26-18/h2,4,6,8,10,15,17,20,24H,3,5,7,9,11-12H2,1H3,(H,22,25)/t15?,17?,20-/m1/s1. The Kier molecular flexibility index (Phi) is 4.68. The molecule has 0 spiro atoms. The van der Waals surface area contributed by atoms with Crippen LogP contribution in [0.5, 0.6) is 5.75 Å². The van der Waals surface area contributed by atoms with Gasteiger partial charge in [-0.3, -0.25) is 9.48 Å². The molecule has 0 radical (unpaired) electrons. The summed E-state index contributed by atoms with van der Waals surface area (Å²) < 4.78 is 7.39. The minimum atomic E-state index is -0.244. The number of aryl methyl sites for hydroxylation is 2. The Hall–Kier alpha value is -2.34. The summed E-state index contributed by atoms with van der Waals surface area (Å²) in [7, 11) is 1.89. The number of carbonyl (C=O) groups is 1. The number of nitrogens with zero attached hydrogens (tertiary/aromatic N) is 2. The fraction of sp³-hybridized carbons (Fsp3) is 0.500. The van der Waals surface area contributed by atoms with Crippen molar-refractivity contribution in [3.8, 4) is 5.75 Å². The molecule has 0 unspecified atom stereocenters. The van der Waals surface area contributed by atoms with Crippen LogP contribution in [0.3, 0.4) is 0 Å². The number of amides is 1. The van der Waals surface area contributed by atoms with Crippen LogP contribution in [-0.4, -0.2) is 33.5 Å². The van der Waals surface area contributed by atoms with Crippen molar-refractivity contribution in [3.63, 3.8) is 0 Å². The van der Waals surface area contributed by atoms with Crippen molar-refractivity contribution >= 4 is 5.91 Å². The molecular weight excluding hydrogens is 330 g/mol. The highest BCUT2D eigenvalue weighted by Gasteiger charge is 2.36. The zero-order valence-corrected chi connectivity index (χ0v) is 15.0. The number of aliphatic hydroxyl groups excluding tert-OH is 1. The van der Waals surface area contributed by atoms with E-state index in [9.17, 15) is 9.90 Å². The minimum Gasteiger partial charge on any atom is -0.493 e. The average molecular weight is 355 g/mol. The summed E-state index contributed by atoms with van der Waals surface area (Å²) in [6, 6.07) is 8.08. The molecule has 1 amide bonds. The molecular formula is C20H25N3O3. The maximum absolute atomic E-state index is 12.6. The van der Waals surface area contributed by atoms with Crippen molar-refractivity contribution in [2.45, 2.75) is 44.2 Å². The highest BCUT2D eigenvalue weighted by molar-refractivity contribution is 5.76. The summed E-state index contributed by atoms with van der Waals surface area (Å²) in [5, 5.41) is 17.1. The van der Waals surface area contributed by atoms with E-state index in [4.69, 9.17) is 4.74 Å². The van der Waals surface area contributed by atoms with Gasteiger partial charge in [0.2, 0.25) is 5.91 Å². The molecule has 1 fully saturated rings. The van der Waals surface area contributed by atoms with Crippen LogP contribution >= 0.6 is 0 Å². The Labute approximate surface area is 153 Å². The van der Waals surface area contributed by atoms with Crippen molar-refractivity contribution in [1.29, 1.82) is 0 Å². The number of carbonyl (C=O) groups excluding carboxylic acids is 1. The van der Waals surface area contributed by atoms with Gasteiger partial charge in [0.25, 0.3) is 0 Å². The van der Waals surface area contributed by atoms with Crippen LogP contribution in [0.25, 0.3) is 0 Å². The summed E-state index contributed by atoms with van der Waals surface area (Å²) in [4.78, 5) is 12.6. The van der Waals surface area contributed by atoms with E-state index in [2.05, 4.69) is 16.5 Å². The Balaban J connectivity index is 1.45. The van der Waals surface area contributed by atoms with E-state index in [1.807, 2.05) is 25.2 Å². The molecule has 1 aliphatic carbocycles. The lowest BCUT2D eigenvalue weighted by Gasteiger charge is -2.38. The van der Waals surface area contributed by atoms with Gasteiger partial charge < -0.3 is 15.2 Å². The molecule has 2 aliphatic rings. The summed E-state index contributed by atoms with van der Waals surface area (Å²) in [6.07, 6.45) is 4.99. The molecule has 0 saturated heterocycles. The zero-order chi connectivity index (χ0) is 18.1. The summed E-state index contributed by atoms with van der Waals surface area (Å²) in [5.41, 5.74) is 3.36. The predicted octanol–water partition coefficient (Wildman–Crippen LogP) is 1.92. The van der Waals surface area contributed by atoms with Gasteiger partial charge in [-0.1, -0.05) is 6.07 Å². The van der Waals surface area contributed by atoms with E-state index in [-0.39, 0.29) is 24.0 Å². The van der Waals surface area contributed by atoms with Crippen LogP contribution in [0.4, 0.5) is 0 Å². The zero-order valence-electron chi connectivity index (χ0n) is 15.0. The smallest absolute Gasteiger partial charge is 0.220 e. The molecule has 2 aromatic rings. The second-order valence-corrected chi connectivity index (χ2v) is 7.34. The molecule has 138 valence electrons. The molecule has 0 bridgehead atoms. The number of hydrogen-bond donors (Lipinski definition) is 2. The van der Waals surface area contributed by atoms with E-state index < -0.39 is 0 Å². The first-order valence-electron chi connectivity index (χ1n) is 9.30. The molecule has 1 aliphatic heterocycles. The van der Waals surface area contributed by atoms with E-state index in [0.717, 1.165) is 42.9 Å². The molecule has 1 aromatic carbocycles. The van der Waals surface area contributed by atoms with Gasteiger partial charge in [0.05, 0.1) is 18.8 Å². The fourth-order valence-electron chi connectivity index (χ4n) is 3.91. The Morgan fingerprint density at radius 2 is 2.27 bits per heavy atom. The first kappa shape index (κ1) is 17.1. The number of aromatic nitrogens is 2. The first-order valence-corrected chi connectivity index (χ1v) is 9.30. The molecule has 1 atom stereocenters. The van der Waals surface area contributed by atoms with E-state index in [1.54, 1.807) is 10.9 Å². The largest absolute Gasteiger partial charge is 0.493 e. The van der Waals surface area contributed by atoms with Crippen LogP contribution in [-0.2, 0) is 24.7 Å². The topological polar surface area (TPSA) is 76.4 Å². The van der Waals surface area contributed by atoms with Gasteiger partial charge in [0.1, 0.15) is 5.75 Å². The SMILES string of the molecule is Cn1nccc1CCC(=O)N[C@H](c1ccc2c(c1)CCO2)C1CC(O)C1. The van der Waals surface area contributed by atoms with E-state index in [0.29, 0.717) is 12.8 Å². The van der Waals surface area contributed by atoms with Gasteiger partial charge in [0.15, 0.2) is 0 Å². The lowest BCUT2D eigenvalue weighted by molar-refractivity contribution is -0.123. The van der Waals surface area contributed by atoms with Crippen LogP contribution < -0.4 is 10.1 Å². The Morgan fingerprint density at radius 1 is 1.42 bits per heavy atom. The highest BCUT2D eigenvalue weighted by Crippen LogP contribution is 2.39. The van der Waals surface area contributed by atoms with E-state index >= 15 is 0 Å². The maximum Gasteiger partial charge on any atom is 0.220 e. The number of rotatable bonds is 6. The van der Waals surface area contributed by atoms with Gasteiger partial charge in [-0.05, 0) is 54.5 Å². The predicted molar refractivity (Wildman–Crippen MR) is 96.8 cm³/mol. The molecule has 2 N–H and O–H groups in total. The number of ether oxygens (including phenoxy) is 1. The average Bonchev–Trinajstić information content (AvgIpc) is 3.23. The van der Waals surface area contributed by atoms with Crippen molar-refractivity contribution in [2.24, 2.45) is 13.0 Å². The third-order valence-electron chi connectivity index (χ3n) is 5.54. The number of nitrogens with one attached hydrogen (secondary N) is 1. The number of hydrogen-bond acceptors (Lipinski definition) is 4. The minimum absolute atomic E-state index is 0.0364. The van der Waals surface area contributed by atoms with Crippen molar-refractivity contribution < 1.29 is 14.6 Å². The molecule has 4 rings (SSSR count). The number of benzene rings is 1. The van der Waals surface area contributed by atoms with Crippen LogP contribution in [0.1, 0.15) is 42.1 Å². The summed E-state index contributed by atoms with van der Waals surface area (Å²) in [5.74, 6) is 1.27. The third kappa shape index (κ3) is 3.46. The molecule has 6 heteroatoms. The van der Waals surface area contributed by atoms with Gasteiger partial charge in [-0.15, -0.1) is 0 Å². The van der Waals surface area contributed by atoms with Crippen LogP contribution in [0, 0.1) is 5.92 Å². The number of aliphatic hydroxyl groups is 1. The molecule has 26 heavy (non-hydrogen) atoms. The summed E-state index contributed by atoms with van der Waals surface area (Å²) >= 11 is 0. The highest BCUT2D eigenvalue weighted by atomic mass is 16.5. The fourth-order valence-corrected chi connectivity index (χ4v) is 3.91. The lowest BCUT2D eigenvalue weighted by atomic mass is 9.74. The first-order chi connectivity index (χ1) is 12.6. The van der Waals surface area contributed by atoms with Gasteiger partial charge in [-0.25, -0.2) is 0 Å². The quantitative estimate of drug-likeness (QED) is 0.830. The second-order valence-electron chi connectivity index (χ2n) is 7.34. The monoisotopic (exact) mass is 355 g/mol.